The van der Waals surface area contributed by atoms with E-state index in [4.69, 9.17) is 39.5 Å². The predicted molar refractivity (Wildman–Crippen MR) is 106 cm³/mol. The first kappa shape index (κ1) is 19.6. The SMILES string of the molecule is O=C(COC(=O)c1cccnc1Cl)Nc1nc(-c2ccc(Cl)cc2Cl)cs1. The van der Waals surface area contributed by atoms with Gasteiger partial charge in [0.2, 0.25) is 0 Å². The molecule has 1 aromatic carbocycles. The largest absolute Gasteiger partial charge is 0.452 e. The number of carbonyl (C=O) groups excluding carboxylic acids is 2. The Kier molecular flexibility index (Phi) is 6.28. The zero-order chi connectivity index (χ0) is 19.4. The maximum Gasteiger partial charge on any atom is 0.341 e. The Labute approximate surface area is 173 Å². The summed E-state index contributed by atoms with van der Waals surface area (Å²) in [5, 5.41) is 5.62. The lowest BCUT2D eigenvalue weighted by molar-refractivity contribution is -0.119. The van der Waals surface area contributed by atoms with Gasteiger partial charge in [-0.15, -0.1) is 11.3 Å². The number of hydrogen-bond acceptors (Lipinski definition) is 6. The van der Waals surface area contributed by atoms with Crippen molar-refractivity contribution in [2.24, 2.45) is 0 Å². The quantitative estimate of drug-likeness (QED) is 0.446. The molecule has 1 N–H and O–H groups in total. The van der Waals surface area contributed by atoms with Gasteiger partial charge in [-0.05, 0) is 30.3 Å². The van der Waals surface area contributed by atoms with Gasteiger partial charge in [-0.25, -0.2) is 14.8 Å². The number of aromatic nitrogens is 2. The number of halogens is 3. The molecule has 0 atom stereocenters. The van der Waals surface area contributed by atoms with Crippen LogP contribution in [0.2, 0.25) is 15.2 Å². The summed E-state index contributed by atoms with van der Waals surface area (Å²) in [4.78, 5) is 32.0. The van der Waals surface area contributed by atoms with Crippen molar-refractivity contribution in [3.63, 3.8) is 0 Å². The molecule has 0 aliphatic heterocycles. The van der Waals surface area contributed by atoms with E-state index in [1.54, 1.807) is 29.6 Å². The minimum absolute atomic E-state index is 0.00677. The summed E-state index contributed by atoms with van der Waals surface area (Å²) in [5.74, 6) is -1.28. The number of thiazole rings is 1. The van der Waals surface area contributed by atoms with Crippen LogP contribution in [0.5, 0.6) is 0 Å². The fourth-order valence-electron chi connectivity index (χ4n) is 2.05. The lowest BCUT2D eigenvalue weighted by Crippen LogP contribution is -2.21. The standard InChI is InChI=1S/C17H10Cl3N3O3S/c18-9-3-4-10(12(19)6-9)13-8-27-17(22-13)23-14(24)7-26-16(25)11-2-1-5-21-15(11)20/h1-6,8H,7H2,(H,22,23,24). The summed E-state index contributed by atoms with van der Waals surface area (Å²) in [6, 6.07) is 8.05. The first-order chi connectivity index (χ1) is 12.9. The summed E-state index contributed by atoms with van der Waals surface area (Å²) >= 11 is 19.1. The smallest absolute Gasteiger partial charge is 0.341 e. The van der Waals surface area contributed by atoms with Gasteiger partial charge < -0.3 is 4.74 Å². The molecular weight excluding hydrogens is 433 g/mol. The summed E-state index contributed by atoms with van der Waals surface area (Å²) < 4.78 is 4.93. The number of nitrogens with one attached hydrogen (secondary N) is 1. The molecule has 0 fully saturated rings. The molecule has 6 nitrogen and oxygen atoms in total. The number of carbonyl (C=O) groups is 2. The lowest BCUT2D eigenvalue weighted by atomic mass is 10.2. The monoisotopic (exact) mass is 441 g/mol. The molecule has 3 aromatic rings. The van der Waals surface area contributed by atoms with Crippen LogP contribution in [0, 0.1) is 0 Å². The van der Waals surface area contributed by atoms with Crippen LogP contribution in [0.4, 0.5) is 5.13 Å². The van der Waals surface area contributed by atoms with Crippen molar-refractivity contribution in [3.8, 4) is 11.3 Å². The maximum absolute atomic E-state index is 12.0. The molecule has 2 heterocycles. The van der Waals surface area contributed by atoms with Gasteiger partial charge in [-0.3, -0.25) is 10.1 Å². The highest BCUT2D eigenvalue weighted by molar-refractivity contribution is 7.14. The average molecular weight is 443 g/mol. The van der Waals surface area contributed by atoms with Gasteiger partial charge in [0.25, 0.3) is 5.91 Å². The van der Waals surface area contributed by atoms with Crippen molar-refractivity contribution in [3.05, 3.63) is 62.7 Å². The summed E-state index contributed by atoms with van der Waals surface area (Å²) in [6.07, 6.45) is 1.44. The number of esters is 1. The van der Waals surface area contributed by atoms with E-state index >= 15 is 0 Å². The number of amides is 1. The van der Waals surface area contributed by atoms with Crippen molar-refractivity contribution in [2.75, 3.05) is 11.9 Å². The van der Waals surface area contributed by atoms with Crippen LogP contribution in [0.25, 0.3) is 11.3 Å². The second kappa shape index (κ2) is 8.67. The van der Waals surface area contributed by atoms with Crippen molar-refractivity contribution >= 4 is 63.1 Å². The van der Waals surface area contributed by atoms with Gasteiger partial charge >= 0.3 is 5.97 Å². The van der Waals surface area contributed by atoms with E-state index in [0.29, 0.717) is 26.4 Å². The van der Waals surface area contributed by atoms with Crippen LogP contribution in [0.15, 0.2) is 41.9 Å². The minimum atomic E-state index is -0.740. The Morgan fingerprint density at radius 3 is 2.74 bits per heavy atom. The summed E-state index contributed by atoms with van der Waals surface area (Å²) in [7, 11) is 0. The van der Waals surface area contributed by atoms with Crippen molar-refractivity contribution in [1.29, 1.82) is 0 Å². The molecule has 0 spiro atoms. The van der Waals surface area contributed by atoms with Gasteiger partial charge in [0, 0.05) is 22.2 Å². The topological polar surface area (TPSA) is 81.2 Å². The highest BCUT2D eigenvalue weighted by atomic mass is 35.5. The first-order valence-electron chi connectivity index (χ1n) is 7.42. The number of benzene rings is 1. The van der Waals surface area contributed by atoms with Crippen LogP contribution in [-0.2, 0) is 9.53 Å². The molecule has 0 aliphatic carbocycles. The molecule has 10 heteroatoms. The third-order valence-electron chi connectivity index (χ3n) is 3.27. The van der Waals surface area contributed by atoms with Crippen LogP contribution < -0.4 is 5.32 Å². The average Bonchev–Trinajstić information content (AvgIpc) is 3.08. The molecule has 0 unspecified atom stereocenters. The third-order valence-corrected chi connectivity index (χ3v) is 4.88. The van der Waals surface area contributed by atoms with Crippen LogP contribution in [0.3, 0.4) is 0 Å². The molecule has 3 rings (SSSR count). The highest BCUT2D eigenvalue weighted by Gasteiger charge is 2.15. The molecule has 138 valence electrons. The Hall–Kier alpha value is -2.19. The van der Waals surface area contributed by atoms with Gasteiger partial charge in [0.15, 0.2) is 11.7 Å². The van der Waals surface area contributed by atoms with E-state index in [1.165, 1.54) is 23.6 Å². The van der Waals surface area contributed by atoms with E-state index in [9.17, 15) is 9.59 Å². The van der Waals surface area contributed by atoms with Gasteiger partial charge in [0.1, 0.15) is 5.15 Å². The third kappa shape index (κ3) is 4.95. The van der Waals surface area contributed by atoms with Crippen LogP contribution in [-0.4, -0.2) is 28.5 Å². The zero-order valence-corrected chi connectivity index (χ0v) is 16.5. The number of hydrogen-bond donors (Lipinski definition) is 1. The van der Waals surface area contributed by atoms with E-state index in [2.05, 4.69) is 15.3 Å². The molecule has 27 heavy (non-hydrogen) atoms. The van der Waals surface area contributed by atoms with Crippen molar-refractivity contribution in [2.45, 2.75) is 0 Å². The Morgan fingerprint density at radius 1 is 1.19 bits per heavy atom. The van der Waals surface area contributed by atoms with Crippen molar-refractivity contribution in [1.82, 2.24) is 9.97 Å². The zero-order valence-electron chi connectivity index (χ0n) is 13.4. The van der Waals surface area contributed by atoms with E-state index in [-0.39, 0.29) is 10.7 Å². The van der Waals surface area contributed by atoms with E-state index in [1.807, 2.05) is 0 Å². The van der Waals surface area contributed by atoms with E-state index in [0.717, 1.165) is 0 Å². The maximum atomic E-state index is 12.0. The molecule has 0 saturated heterocycles. The Balaban J connectivity index is 1.60. The molecule has 2 aromatic heterocycles. The number of pyridine rings is 1. The molecule has 0 bridgehead atoms. The predicted octanol–water partition coefficient (Wildman–Crippen LogP) is 4.96. The van der Waals surface area contributed by atoms with Crippen molar-refractivity contribution < 1.29 is 14.3 Å². The fraction of sp³-hybridized carbons (Fsp3) is 0.0588. The lowest BCUT2D eigenvalue weighted by Gasteiger charge is -2.05. The Morgan fingerprint density at radius 2 is 2.00 bits per heavy atom. The fourth-order valence-corrected chi connectivity index (χ4v) is 3.48. The molecule has 0 aliphatic rings. The molecule has 1 amide bonds. The first-order valence-corrected chi connectivity index (χ1v) is 9.44. The minimum Gasteiger partial charge on any atom is -0.452 e. The number of nitrogens with zero attached hydrogens (tertiary/aromatic N) is 2. The number of ether oxygens (including phenoxy) is 1. The Bertz CT molecular complexity index is 1010. The van der Waals surface area contributed by atoms with Gasteiger partial charge in [0.05, 0.1) is 16.3 Å². The van der Waals surface area contributed by atoms with Gasteiger partial charge in [-0.1, -0.05) is 34.8 Å². The van der Waals surface area contributed by atoms with E-state index < -0.39 is 18.5 Å². The molecule has 0 radical (unpaired) electrons. The molecule has 0 saturated carbocycles. The van der Waals surface area contributed by atoms with Crippen LogP contribution in [0.1, 0.15) is 10.4 Å². The van der Waals surface area contributed by atoms with Gasteiger partial charge in [-0.2, -0.15) is 0 Å². The number of rotatable bonds is 5. The summed E-state index contributed by atoms with van der Waals surface area (Å²) in [6.45, 7) is -0.485. The highest BCUT2D eigenvalue weighted by Crippen LogP contribution is 2.32. The van der Waals surface area contributed by atoms with Crippen LogP contribution >= 0.6 is 46.1 Å². The second-order valence-corrected chi connectivity index (χ2v) is 7.19. The summed E-state index contributed by atoms with van der Waals surface area (Å²) in [5.41, 5.74) is 1.37. The molecular formula is C17H10Cl3N3O3S. The number of anilines is 1. The normalized spacial score (nSPS) is 10.5. The second-order valence-electron chi connectivity index (χ2n) is 5.13.